The lowest BCUT2D eigenvalue weighted by atomic mass is 10.1. The Balaban J connectivity index is 2.02. The van der Waals surface area contributed by atoms with E-state index in [-0.39, 0.29) is 0 Å². The number of nitrogens with zero attached hydrogens (tertiary/aromatic N) is 1. The van der Waals surface area contributed by atoms with E-state index in [0.29, 0.717) is 10.0 Å². The molecule has 5 heteroatoms. The zero-order valence-electron chi connectivity index (χ0n) is 12.6. The molecule has 1 atom stereocenters. The van der Waals surface area contributed by atoms with E-state index in [4.69, 9.17) is 23.2 Å². The van der Waals surface area contributed by atoms with Gasteiger partial charge in [0.1, 0.15) is 0 Å². The molecule has 0 saturated carbocycles. The van der Waals surface area contributed by atoms with Crippen LogP contribution in [0.5, 0.6) is 0 Å². The number of rotatable bonds is 6. The molecule has 0 aliphatic rings. The van der Waals surface area contributed by atoms with Gasteiger partial charge in [-0.3, -0.25) is 0 Å². The van der Waals surface area contributed by atoms with Gasteiger partial charge in [0.2, 0.25) is 0 Å². The number of hydrogen-bond donors (Lipinski definition) is 1. The lowest BCUT2D eigenvalue weighted by Gasteiger charge is -2.15. The maximum absolute atomic E-state index is 10.2. The number of hydrogen-bond acceptors (Lipinski definition) is 3. The molecule has 1 N–H and O–H groups in total. The number of halogens is 2. The largest absolute Gasteiger partial charge is 0.388 e. The van der Waals surface area contributed by atoms with Crippen molar-refractivity contribution in [1.29, 1.82) is 0 Å². The van der Waals surface area contributed by atoms with Gasteiger partial charge in [0, 0.05) is 21.4 Å². The zero-order valence-corrected chi connectivity index (χ0v) is 14.9. The fourth-order valence-electron chi connectivity index (χ4n) is 1.99. The summed E-state index contributed by atoms with van der Waals surface area (Å²) in [7, 11) is 4.00. The molecule has 22 heavy (non-hydrogen) atoms. The van der Waals surface area contributed by atoms with Crippen molar-refractivity contribution in [2.45, 2.75) is 22.3 Å². The molecule has 0 amide bonds. The third-order valence-corrected chi connectivity index (χ3v) is 4.98. The van der Waals surface area contributed by atoms with Gasteiger partial charge in [0.25, 0.3) is 0 Å². The Kier molecular flexibility index (Phi) is 6.60. The van der Waals surface area contributed by atoms with Crippen LogP contribution in [0.15, 0.2) is 52.3 Å². The molecule has 0 aliphatic carbocycles. The van der Waals surface area contributed by atoms with Gasteiger partial charge in [-0.25, -0.2) is 0 Å². The number of benzene rings is 2. The molecule has 0 aromatic heterocycles. The van der Waals surface area contributed by atoms with Gasteiger partial charge in [-0.15, -0.1) is 0 Å². The molecule has 2 aromatic carbocycles. The Morgan fingerprint density at radius 1 is 1.09 bits per heavy atom. The fraction of sp³-hybridized carbons (Fsp3) is 0.294. The summed E-state index contributed by atoms with van der Waals surface area (Å²) in [5.41, 5.74) is 0.938. The minimum atomic E-state index is -0.430. The summed E-state index contributed by atoms with van der Waals surface area (Å²) in [4.78, 5) is 4.11. The monoisotopic (exact) mass is 355 g/mol. The predicted octanol–water partition coefficient (Wildman–Crippen LogP) is 5.13. The van der Waals surface area contributed by atoms with E-state index in [9.17, 15) is 5.11 Å². The second-order valence-electron chi connectivity index (χ2n) is 5.35. The van der Waals surface area contributed by atoms with Gasteiger partial charge in [-0.1, -0.05) is 47.1 Å². The topological polar surface area (TPSA) is 23.5 Å². The van der Waals surface area contributed by atoms with Crippen LogP contribution in [0.4, 0.5) is 0 Å². The molecule has 0 fully saturated rings. The van der Waals surface area contributed by atoms with Crippen LogP contribution < -0.4 is 0 Å². The normalized spacial score (nSPS) is 12.6. The van der Waals surface area contributed by atoms with Crippen LogP contribution in [0.1, 0.15) is 18.1 Å². The first-order valence-electron chi connectivity index (χ1n) is 7.01. The van der Waals surface area contributed by atoms with Crippen molar-refractivity contribution >= 4 is 35.0 Å². The van der Waals surface area contributed by atoms with E-state index in [2.05, 4.69) is 4.90 Å². The van der Waals surface area contributed by atoms with Crippen LogP contribution in [0.3, 0.4) is 0 Å². The molecular formula is C17H19Cl2NOS. The van der Waals surface area contributed by atoms with E-state index in [0.717, 1.165) is 28.3 Å². The van der Waals surface area contributed by atoms with Crippen molar-refractivity contribution in [2.75, 3.05) is 20.6 Å². The molecule has 2 nitrogen and oxygen atoms in total. The van der Waals surface area contributed by atoms with Crippen molar-refractivity contribution in [3.8, 4) is 0 Å². The first kappa shape index (κ1) is 17.6. The highest BCUT2D eigenvalue weighted by Crippen LogP contribution is 2.35. The maximum Gasteiger partial charge on any atom is 0.0802 e. The zero-order chi connectivity index (χ0) is 16.1. The van der Waals surface area contributed by atoms with E-state index >= 15 is 0 Å². The SMILES string of the molecule is CN(C)CCC(O)c1ccc(Sc2ccc(Cl)cc2Cl)cc1. The average molecular weight is 356 g/mol. The molecule has 0 heterocycles. The molecule has 0 bridgehead atoms. The molecular weight excluding hydrogens is 337 g/mol. The third kappa shape index (κ3) is 5.18. The summed E-state index contributed by atoms with van der Waals surface area (Å²) in [6.07, 6.45) is 0.295. The second-order valence-corrected chi connectivity index (χ2v) is 7.31. The summed E-state index contributed by atoms with van der Waals surface area (Å²) in [5, 5.41) is 11.4. The van der Waals surface area contributed by atoms with Crippen LogP contribution in [0.2, 0.25) is 10.0 Å². The molecule has 0 saturated heterocycles. The highest BCUT2D eigenvalue weighted by molar-refractivity contribution is 7.99. The van der Waals surface area contributed by atoms with Crippen LogP contribution in [-0.2, 0) is 0 Å². The van der Waals surface area contributed by atoms with Crippen LogP contribution >= 0.6 is 35.0 Å². The Labute approximate surface area is 146 Å². The van der Waals surface area contributed by atoms with E-state index in [1.54, 1.807) is 17.8 Å². The minimum Gasteiger partial charge on any atom is -0.388 e. The molecule has 2 rings (SSSR count). The highest BCUT2D eigenvalue weighted by Gasteiger charge is 2.09. The Bertz CT molecular complexity index is 617. The summed E-state index contributed by atoms with van der Waals surface area (Å²) in [5.74, 6) is 0. The summed E-state index contributed by atoms with van der Waals surface area (Å²) in [6.45, 7) is 0.859. The second kappa shape index (κ2) is 8.23. The van der Waals surface area contributed by atoms with Gasteiger partial charge in [-0.05, 0) is 56.4 Å². The molecule has 0 aliphatic heterocycles. The van der Waals surface area contributed by atoms with Crippen LogP contribution in [0, 0.1) is 0 Å². The maximum atomic E-state index is 10.2. The molecule has 1 unspecified atom stereocenters. The van der Waals surface area contributed by atoms with Crippen molar-refractivity contribution < 1.29 is 5.11 Å². The Morgan fingerprint density at radius 2 is 1.77 bits per heavy atom. The predicted molar refractivity (Wildman–Crippen MR) is 95.2 cm³/mol. The Morgan fingerprint density at radius 3 is 2.36 bits per heavy atom. The molecule has 0 radical (unpaired) electrons. The molecule has 2 aromatic rings. The van der Waals surface area contributed by atoms with Crippen molar-refractivity contribution in [1.82, 2.24) is 4.90 Å². The van der Waals surface area contributed by atoms with E-state index in [1.807, 2.05) is 50.5 Å². The van der Waals surface area contributed by atoms with E-state index < -0.39 is 6.10 Å². The smallest absolute Gasteiger partial charge is 0.0802 e. The first-order chi connectivity index (χ1) is 10.5. The molecule has 0 spiro atoms. The highest BCUT2D eigenvalue weighted by atomic mass is 35.5. The lowest BCUT2D eigenvalue weighted by Crippen LogP contribution is -2.15. The van der Waals surface area contributed by atoms with Crippen LogP contribution in [-0.4, -0.2) is 30.6 Å². The van der Waals surface area contributed by atoms with Gasteiger partial charge in [0.05, 0.1) is 11.1 Å². The van der Waals surface area contributed by atoms with Gasteiger partial charge in [0.15, 0.2) is 0 Å². The standard InChI is InChI=1S/C17H19Cl2NOS/c1-20(2)10-9-16(21)12-3-6-14(7-4-12)22-17-8-5-13(18)11-15(17)19/h3-8,11,16,21H,9-10H2,1-2H3. The third-order valence-electron chi connectivity index (χ3n) is 3.24. The van der Waals surface area contributed by atoms with Gasteiger partial charge >= 0.3 is 0 Å². The fourth-order valence-corrected chi connectivity index (χ4v) is 3.33. The van der Waals surface area contributed by atoms with Gasteiger partial charge < -0.3 is 10.0 Å². The lowest BCUT2D eigenvalue weighted by molar-refractivity contribution is 0.154. The molecule has 118 valence electrons. The summed E-state index contributed by atoms with van der Waals surface area (Å²) in [6, 6.07) is 13.4. The average Bonchev–Trinajstić information content (AvgIpc) is 2.48. The number of aliphatic hydroxyl groups excluding tert-OH is 1. The minimum absolute atomic E-state index is 0.430. The van der Waals surface area contributed by atoms with Crippen LogP contribution in [0.25, 0.3) is 0 Å². The van der Waals surface area contributed by atoms with Crippen molar-refractivity contribution in [3.63, 3.8) is 0 Å². The van der Waals surface area contributed by atoms with Crippen molar-refractivity contribution in [2.24, 2.45) is 0 Å². The van der Waals surface area contributed by atoms with Crippen molar-refractivity contribution in [3.05, 3.63) is 58.1 Å². The number of aliphatic hydroxyl groups is 1. The van der Waals surface area contributed by atoms with Gasteiger partial charge in [-0.2, -0.15) is 0 Å². The summed E-state index contributed by atoms with van der Waals surface area (Å²) >= 11 is 13.7. The first-order valence-corrected chi connectivity index (χ1v) is 8.58. The summed E-state index contributed by atoms with van der Waals surface area (Å²) < 4.78 is 0. The van der Waals surface area contributed by atoms with E-state index in [1.165, 1.54) is 0 Å². The quantitative estimate of drug-likeness (QED) is 0.776. The Hall–Kier alpha value is -0.710.